The van der Waals surface area contributed by atoms with Crippen LogP contribution in [-0.4, -0.2) is 41.4 Å². The first-order chi connectivity index (χ1) is 11.3. The van der Waals surface area contributed by atoms with Crippen LogP contribution in [0, 0.1) is 11.3 Å². The van der Waals surface area contributed by atoms with Crippen molar-refractivity contribution in [2.75, 3.05) is 13.6 Å². The van der Waals surface area contributed by atoms with Gasteiger partial charge in [0.2, 0.25) is 5.91 Å². The summed E-state index contributed by atoms with van der Waals surface area (Å²) in [6.07, 6.45) is 2.69. The van der Waals surface area contributed by atoms with E-state index in [1.807, 2.05) is 42.3 Å². The van der Waals surface area contributed by atoms with E-state index in [4.69, 9.17) is 0 Å². The molecule has 0 aromatic heterocycles. The molecule has 0 radical (unpaired) electrons. The molecule has 1 aromatic carbocycles. The van der Waals surface area contributed by atoms with Gasteiger partial charge in [-0.1, -0.05) is 58.7 Å². The molecule has 2 rings (SSSR count). The minimum absolute atomic E-state index is 0.0105. The number of unbranched alkanes of at least 4 members (excludes halogenated alkanes) is 1. The molecule has 1 aliphatic rings. The van der Waals surface area contributed by atoms with Gasteiger partial charge in [-0.2, -0.15) is 0 Å². The molecule has 132 valence electrons. The Kier molecular flexibility index (Phi) is 5.68. The largest absolute Gasteiger partial charge is 0.324 e. The van der Waals surface area contributed by atoms with Crippen LogP contribution in [0.2, 0.25) is 0 Å². The molecular formula is C20H30N2O2. The number of carbonyl (C=O) groups excluding carboxylic acids is 2. The highest BCUT2D eigenvalue weighted by Gasteiger charge is 2.45. The highest BCUT2D eigenvalue weighted by Crippen LogP contribution is 2.34. The molecule has 0 spiro atoms. The van der Waals surface area contributed by atoms with Crippen molar-refractivity contribution in [1.82, 2.24) is 9.80 Å². The molecule has 4 nitrogen and oxygen atoms in total. The second-order valence-corrected chi connectivity index (χ2v) is 7.85. The third-order valence-corrected chi connectivity index (χ3v) is 4.74. The molecule has 0 saturated carbocycles. The standard InChI is InChI=1S/C20H30N2O2/c1-6-7-11-16-14-22(18(24)15-12-9-8-10-13-15)19(20(2,3)4)21(5)17(16)23/h8-10,12-13,16,19H,6-7,11,14H2,1-5H3/t16-,19?/m1/s1. The zero-order valence-corrected chi connectivity index (χ0v) is 15.6. The van der Waals surface area contributed by atoms with E-state index in [0.29, 0.717) is 12.1 Å². The predicted molar refractivity (Wildman–Crippen MR) is 96.5 cm³/mol. The summed E-state index contributed by atoms with van der Waals surface area (Å²) in [5.74, 6) is 0.0815. The summed E-state index contributed by atoms with van der Waals surface area (Å²) in [6.45, 7) is 8.89. The van der Waals surface area contributed by atoms with Crippen molar-refractivity contribution in [2.24, 2.45) is 11.3 Å². The third kappa shape index (κ3) is 3.80. The fraction of sp³-hybridized carbons (Fsp3) is 0.600. The van der Waals surface area contributed by atoms with Crippen molar-refractivity contribution in [3.05, 3.63) is 35.9 Å². The first-order valence-corrected chi connectivity index (χ1v) is 8.90. The molecule has 0 N–H and O–H groups in total. The van der Waals surface area contributed by atoms with Gasteiger partial charge < -0.3 is 9.80 Å². The number of benzene rings is 1. The van der Waals surface area contributed by atoms with Crippen LogP contribution in [0.3, 0.4) is 0 Å². The number of carbonyl (C=O) groups is 2. The van der Waals surface area contributed by atoms with E-state index >= 15 is 0 Å². The molecule has 0 aliphatic carbocycles. The third-order valence-electron chi connectivity index (χ3n) is 4.74. The predicted octanol–water partition coefficient (Wildman–Crippen LogP) is 3.78. The molecule has 24 heavy (non-hydrogen) atoms. The van der Waals surface area contributed by atoms with Crippen LogP contribution in [0.1, 0.15) is 57.3 Å². The Morgan fingerprint density at radius 3 is 2.38 bits per heavy atom. The molecular weight excluding hydrogens is 300 g/mol. The average Bonchev–Trinajstić information content (AvgIpc) is 2.54. The van der Waals surface area contributed by atoms with Crippen molar-refractivity contribution in [3.8, 4) is 0 Å². The Balaban J connectivity index is 2.35. The summed E-state index contributed by atoms with van der Waals surface area (Å²) in [7, 11) is 1.83. The van der Waals surface area contributed by atoms with Crippen LogP contribution in [0.15, 0.2) is 30.3 Å². The molecule has 1 aromatic rings. The Morgan fingerprint density at radius 2 is 1.83 bits per heavy atom. The minimum Gasteiger partial charge on any atom is -0.324 e. The van der Waals surface area contributed by atoms with Gasteiger partial charge in [0, 0.05) is 24.6 Å². The van der Waals surface area contributed by atoms with Gasteiger partial charge in [-0.25, -0.2) is 0 Å². The number of nitrogens with zero attached hydrogens (tertiary/aromatic N) is 2. The molecule has 0 bridgehead atoms. The lowest BCUT2D eigenvalue weighted by molar-refractivity contribution is -0.152. The summed E-state index contributed by atoms with van der Waals surface area (Å²) in [5.41, 5.74) is 0.480. The van der Waals surface area contributed by atoms with Gasteiger partial charge >= 0.3 is 0 Å². The maximum absolute atomic E-state index is 13.1. The first-order valence-electron chi connectivity index (χ1n) is 8.90. The van der Waals surface area contributed by atoms with Gasteiger partial charge in [0.1, 0.15) is 6.17 Å². The normalized spacial score (nSPS) is 22.0. The lowest BCUT2D eigenvalue weighted by atomic mass is 9.85. The summed E-state index contributed by atoms with van der Waals surface area (Å²) >= 11 is 0. The SMILES string of the molecule is CCCC[C@@H]1CN(C(=O)c2ccccc2)C(C(C)(C)C)N(C)C1=O. The van der Waals surface area contributed by atoms with Crippen LogP contribution in [-0.2, 0) is 4.79 Å². The average molecular weight is 330 g/mol. The molecule has 4 heteroatoms. The van der Waals surface area contributed by atoms with Crippen molar-refractivity contribution < 1.29 is 9.59 Å². The summed E-state index contributed by atoms with van der Waals surface area (Å²) < 4.78 is 0. The van der Waals surface area contributed by atoms with Crippen LogP contribution in [0.25, 0.3) is 0 Å². The Hall–Kier alpha value is -1.84. The van der Waals surface area contributed by atoms with Crippen LogP contribution in [0.5, 0.6) is 0 Å². The fourth-order valence-electron chi connectivity index (χ4n) is 3.69. The van der Waals surface area contributed by atoms with E-state index in [1.165, 1.54) is 0 Å². The second-order valence-electron chi connectivity index (χ2n) is 7.85. The lowest BCUT2D eigenvalue weighted by Crippen LogP contribution is -2.64. The Labute approximate surface area is 145 Å². The van der Waals surface area contributed by atoms with Crippen molar-refractivity contribution in [2.45, 2.75) is 53.1 Å². The summed E-state index contributed by atoms with van der Waals surface area (Å²) in [4.78, 5) is 29.6. The molecule has 1 fully saturated rings. The molecule has 1 heterocycles. The van der Waals surface area contributed by atoms with E-state index in [0.717, 1.165) is 19.3 Å². The number of hydrogen-bond donors (Lipinski definition) is 0. The zero-order valence-electron chi connectivity index (χ0n) is 15.6. The zero-order chi connectivity index (χ0) is 17.9. The fourth-order valence-corrected chi connectivity index (χ4v) is 3.69. The minimum atomic E-state index is -0.226. The monoisotopic (exact) mass is 330 g/mol. The van der Waals surface area contributed by atoms with E-state index in [1.54, 1.807) is 4.90 Å². The van der Waals surface area contributed by atoms with Gasteiger partial charge in [-0.05, 0) is 18.6 Å². The first kappa shape index (κ1) is 18.5. The Morgan fingerprint density at radius 1 is 1.21 bits per heavy atom. The van der Waals surface area contributed by atoms with Crippen LogP contribution >= 0.6 is 0 Å². The number of rotatable bonds is 4. The number of hydrogen-bond acceptors (Lipinski definition) is 2. The van der Waals surface area contributed by atoms with Gasteiger partial charge in [0.05, 0.1) is 5.92 Å². The molecule has 1 unspecified atom stereocenters. The van der Waals surface area contributed by atoms with Gasteiger partial charge in [0.15, 0.2) is 0 Å². The molecule has 2 amide bonds. The van der Waals surface area contributed by atoms with E-state index in [9.17, 15) is 9.59 Å². The summed E-state index contributed by atoms with van der Waals surface area (Å²) in [5, 5.41) is 0. The van der Waals surface area contributed by atoms with Crippen LogP contribution < -0.4 is 0 Å². The molecule has 1 saturated heterocycles. The van der Waals surface area contributed by atoms with Gasteiger partial charge in [-0.3, -0.25) is 9.59 Å². The van der Waals surface area contributed by atoms with Crippen LogP contribution in [0.4, 0.5) is 0 Å². The van der Waals surface area contributed by atoms with E-state index in [-0.39, 0.29) is 29.3 Å². The van der Waals surface area contributed by atoms with Crippen molar-refractivity contribution in [3.63, 3.8) is 0 Å². The highest BCUT2D eigenvalue weighted by atomic mass is 16.2. The van der Waals surface area contributed by atoms with Gasteiger partial charge in [-0.15, -0.1) is 0 Å². The van der Waals surface area contributed by atoms with Crippen molar-refractivity contribution in [1.29, 1.82) is 0 Å². The smallest absolute Gasteiger partial charge is 0.255 e. The quantitative estimate of drug-likeness (QED) is 0.843. The highest BCUT2D eigenvalue weighted by molar-refractivity contribution is 5.95. The maximum atomic E-state index is 13.1. The Bertz CT molecular complexity index is 577. The molecule has 1 aliphatic heterocycles. The lowest BCUT2D eigenvalue weighted by Gasteiger charge is -2.50. The molecule has 2 atom stereocenters. The topological polar surface area (TPSA) is 40.6 Å². The van der Waals surface area contributed by atoms with E-state index < -0.39 is 0 Å². The van der Waals surface area contributed by atoms with E-state index in [2.05, 4.69) is 27.7 Å². The maximum Gasteiger partial charge on any atom is 0.255 e. The van der Waals surface area contributed by atoms with Crippen molar-refractivity contribution >= 4 is 11.8 Å². The number of amides is 2. The second kappa shape index (κ2) is 7.37. The summed E-state index contributed by atoms with van der Waals surface area (Å²) in [6, 6.07) is 9.37. The van der Waals surface area contributed by atoms with Gasteiger partial charge in [0.25, 0.3) is 5.91 Å².